The third-order valence-corrected chi connectivity index (χ3v) is 4.99. The molecule has 118 valence electrons. The zero-order valence-corrected chi connectivity index (χ0v) is 14.5. The zero-order chi connectivity index (χ0) is 15.3. The third-order valence-electron chi connectivity index (χ3n) is 4.67. The summed E-state index contributed by atoms with van der Waals surface area (Å²) in [5, 5.41) is 3.48. The topological polar surface area (TPSA) is 32.3 Å². The van der Waals surface area contributed by atoms with Crippen molar-refractivity contribution in [1.82, 2.24) is 10.2 Å². The van der Waals surface area contributed by atoms with E-state index in [0.717, 1.165) is 38.6 Å². The van der Waals surface area contributed by atoms with Gasteiger partial charge < -0.3 is 5.32 Å². The van der Waals surface area contributed by atoms with Crippen LogP contribution in [0.2, 0.25) is 0 Å². The average molecular weight is 303 g/mol. The number of carbonyl (C=O) groups is 1. The standard InChI is InChI=1S/C16H31ClN2O/c1-6-8-16(9-7-2,12(3)4)18-15(20)14-10-13(17)11-19(14)5/h12-14H,6-11H2,1-5H3,(H,18,20)/t13-,14-/m0/s1. The molecule has 1 heterocycles. The van der Waals surface area contributed by atoms with Gasteiger partial charge >= 0.3 is 0 Å². The molecule has 2 atom stereocenters. The van der Waals surface area contributed by atoms with Crippen molar-refractivity contribution in [2.24, 2.45) is 5.92 Å². The van der Waals surface area contributed by atoms with Crippen molar-refractivity contribution in [3.8, 4) is 0 Å². The van der Waals surface area contributed by atoms with E-state index < -0.39 is 0 Å². The van der Waals surface area contributed by atoms with Crippen LogP contribution >= 0.6 is 11.6 Å². The molecule has 0 radical (unpaired) electrons. The minimum absolute atomic E-state index is 0.0637. The molecule has 4 heteroatoms. The fourth-order valence-electron chi connectivity index (χ4n) is 3.44. The second-order valence-corrected chi connectivity index (χ2v) is 7.21. The van der Waals surface area contributed by atoms with E-state index >= 15 is 0 Å². The molecular formula is C16H31ClN2O. The van der Waals surface area contributed by atoms with Crippen molar-refractivity contribution >= 4 is 17.5 Å². The Morgan fingerprint density at radius 2 is 1.90 bits per heavy atom. The van der Waals surface area contributed by atoms with Gasteiger partial charge in [-0.2, -0.15) is 0 Å². The number of nitrogens with one attached hydrogen (secondary N) is 1. The Morgan fingerprint density at radius 3 is 2.25 bits per heavy atom. The summed E-state index contributed by atoms with van der Waals surface area (Å²) < 4.78 is 0. The summed E-state index contributed by atoms with van der Waals surface area (Å²) in [6, 6.07) is -0.0654. The fraction of sp³-hybridized carbons (Fsp3) is 0.938. The monoisotopic (exact) mass is 302 g/mol. The number of halogens is 1. The van der Waals surface area contributed by atoms with E-state index in [0.29, 0.717) is 5.92 Å². The highest BCUT2D eigenvalue weighted by Crippen LogP contribution is 2.30. The number of nitrogens with zero attached hydrogens (tertiary/aromatic N) is 1. The Bertz CT molecular complexity index is 314. The summed E-state index contributed by atoms with van der Waals surface area (Å²) in [7, 11) is 1.99. The molecule has 1 rings (SSSR count). The molecule has 0 spiro atoms. The molecular weight excluding hydrogens is 272 g/mol. The predicted molar refractivity (Wildman–Crippen MR) is 86.2 cm³/mol. The number of amides is 1. The summed E-state index contributed by atoms with van der Waals surface area (Å²) in [5.74, 6) is 0.608. The Labute approximate surface area is 129 Å². The van der Waals surface area contributed by atoms with Gasteiger partial charge in [-0.05, 0) is 32.2 Å². The quantitative estimate of drug-likeness (QED) is 0.731. The van der Waals surface area contributed by atoms with Crippen molar-refractivity contribution in [3.63, 3.8) is 0 Å². The van der Waals surface area contributed by atoms with Gasteiger partial charge in [0.25, 0.3) is 0 Å². The molecule has 1 aliphatic rings. The van der Waals surface area contributed by atoms with Crippen LogP contribution in [-0.4, -0.2) is 41.4 Å². The van der Waals surface area contributed by atoms with Crippen molar-refractivity contribution in [1.29, 1.82) is 0 Å². The minimum atomic E-state index is -0.0654. The second-order valence-electron chi connectivity index (χ2n) is 6.59. The van der Waals surface area contributed by atoms with E-state index in [-0.39, 0.29) is 22.9 Å². The van der Waals surface area contributed by atoms with Gasteiger partial charge in [0.2, 0.25) is 5.91 Å². The smallest absolute Gasteiger partial charge is 0.237 e. The molecule has 1 fully saturated rings. The number of alkyl halides is 1. The van der Waals surface area contributed by atoms with E-state index in [4.69, 9.17) is 11.6 Å². The maximum absolute atomic E-state index is 12.7. The van der Waals surface area contributed by atoms with Gasteiger partial charge in [-0.25, -0.2) is 0 Å². The van der Waals surface area contributed by atoms with Gasteiger partial charge in [-0.1, -0.05) is 40.5 Å². The summed E-state index contributed by atoms with van der Waals surface area (Å²) >= 11 is 6.18. The lowest BCUT2D eigenvalue weighted by Crippen LogP contribution is -2.56. The van der Waals surface area contributed by atoms with Crippen molar-refractivity contribution in [3.05, 3.63) is 0 Å². The Balaban J connectivity index is 2.80. The Morgan fingerprint density at radius 1 is 1.35 bits per heavy atom. The number of likely N-dealkylation sites (tertiary alicyclic amines) is 1. The summed E-state index contributed by atoms with van der Waals surface area (Å²) in [5.41, 5.74) is -0.0637. The van der Waals surface area contributed by atoms with E-state index in [2.05, 4.69) is 37.9 Å². The minimum Gasteiger partial charge on any atom is -0.349 e. The Kier molecular flexibility index (Phi) is 6.80. The van der Waals surface area contributed by atoms with Crippen LogP contribution in [0, 0.1) is 5.92 Å². The molecule has 0 saturated carbocycles. The molecule has 0 aromatic rings. The molecule has 0 aromatic heterocycles. The molecule has 3 nitrogen and oxygen atoms in total. The van der Waals surface area contributed by atoms with Crippen LogP contribution in [0.5, 0.6) is 0 Å². The number of hydrogen-bond donors (Lipinski definition) is 1. The van der Waals surface area contributed by atoms with Crippen molar-refractivity contribution in [2.45, 2.75) is 76.8 Å². The van der Waals surface area contributed by atoms with E-state index in [1.54, 1.807) is 0 Å². The maximum atomic E-state index is 12.7. The van der Waals surface area contributed by atoms with Gasteiger partial charge in [-0.3, -0.25) is 9.69 Å². The molecule has 0 unspecified atom stereocenters. The van der Waals surface area contributed by atoms with Crippen molar-refractivity contribution in [2.75, 3.05) is 13.6 Å². The van der Waals surface area contributed by atoms with Crippen LogP contribution in [0.25, 0.3) is 0 Å². The largest absolute Gasteiger partial charge is 0.349 e. The zero-order valence-electron chi connectivity index (χ0n) is 13.7. The summed E-state index contributed by atoms with van der Waals surface area (Å²) in [6.45, 7) is 9.61. The molecule has 20 heavy (non-hydrogen) atoms. The summed E-state index contributed by atoms with van der Waals surface area (Å²) in [4.78, 5) is 14.7. The van der Waals surface area contributed by atoms with Gasteiger partial charge in [0.05, 0.1) is 6.04 Å². The van der Waals surface area contributed by atoms with Gasteiger partial charge in [0.15, 0.2) is 0 Å². The lowest BCUT2D eigenvalue weighted by atomic mass is 9.78. The number of likely N-dealkylation sites (N-methyl/N-ethyl adjacent to an activating group) is 1. The van der Waals surface area contributed by atoms with Gasteiger partial charge in [0, 0.05) is 17.5 Å². The highest BCUT2D eigenvalue weighted by molar-refractivity contribution is 6.21. The van der Waals surface area contributed by atoms with Crippen LogP contribution in [0.15, 0.2) is 0 Å². The first-order valence-corrected chi connectivity index (χ1v) is 8.46. The highest BCUT2D eigenvalue weighted by atomic mass is 35.5. The molecule has 0 aromatic carbocycles. The highest BCUT2D eigenvalue weighted by Gasteiger charge is 2.39. The van der Waals surface area contributed by atoms with Gasteiger partial charge in [-0.15, -0.1) is 11.6 Å². The molecule has 1 saturated heterocycles. The first-order chi connectivity index (χ1) is 9.36. The van der Waals surface area contributed by atoms with Crippen LogP contribution in [0.3, 0.4) is 0 Å². The molecule has 1 aliphatic heterocycles. The molecule has 0 aliphatic carbocycles. The lowest BCUT2D eigenvalue weighted by Gasteiger charge is -2.40. The molecule has 1 amide bonds. The fourth-order valence-corrected chi connectivity index (χ4v) is 3.82. The SMILES string of the molecule is CCCC(CCC)(NC(=O)[C@@H]1C[C@H](Cl)CN1C)C(C)C. The lowest BCUT2D eigenvalue weighted by molar-refractivity contribution is -0.128. The first-order valence-electron chi connectivity index (χ1n) is 8.02. The van der Waals surface area contributed by atoms with E-state index in [1.807, 2.05) is 7.05 Å². The predicted octanol–water partition coefficient (Wildman–Crippen LogP) is 3.41. The molecule has 1 N–H and O–H groups in total. The number of carbonyl (C=O) groups excluding carboxylic acids is 1. The van der Waals surface area contributed by atoms with Crippen LogP contribution < -0.4 is 5.32 Å². The first kappa shape index (κ1) is 17.8. The second kappa shape index (κ2) is 7.65. The summed E-state index contributed by atoms with van der Waals surface area (Å²) in [6.07, 6.45) is 5.04. The maximum Gasteiger partial charge on any atom is 0.237 e. The van der Waals surface area contributed by atoms with E-state index in [1.165, 1.54) is 0 Å². The Hall–Kier alpha value is -0.280. The van der Waals surface area contributed by atoms with Crippen LogP contribution in [0.4, 0.5) is 0 Å². The van der Waals surface area contributed by atoms with Gasteiger partial charge in [0.1, 0.15) is 0 Å². The number of rotatable bonds is 7. The third kappa shape index (κ3) is 4.11. The van der Waals surface area contributed by atoms with Crippen LogP contribution in [-0.2, 0) is 4.79 Å². The average Bonchev–Trinajstić information content (AvgIpc) is 2.68. The van der Waals surface area contributed by atoms with E-state index in [9.17, 15) is 4.79 Å². The molecule has 0 bridgehead atoms. The normalized spacial score (nSPS) is 24.4. The van der Waals surface area contributed by atoms with Crippen LogP contribution in [0.1, 0.15) is 59.8 Å². The number of hydrogen-bond acceptors (Lipinski definition) is 2. The van der Waals surface area contributed by atoms with Crippen molar-refractivity contribution < 1.29 is 4.79 Å².